The van der Waals surface area contributed by atoms with Gasteiger partial charge in [-0.3, -0.25) is 0 Å². The van der Waals surface area contributed by atoms with E-state index in [1.807, 2.05) is 0 Å². The van der Waals surface area contributed by atoms with E-state index in [0.29, 0.717) is 6.42 Å². The van der Waals surface area contributed by atoms with E-state index in [1.165, 1.54) is 6.07 Å². The molecule has 1 aliphatic rings. The Morgan fingerprint density at radius 3 is 2.57 bits per heavy atom. The predicted octanol–water partition coefficient (Wildman–Crippen LogP) is 1.50. The van der Waals surface area contributed by atoms with E-state index in [4.69, 9.17) is 0 Å². The van der Waals surface area contributed by atoms with Gasteiger partial charge in [0.25, 0.3) is 0 Å². The molecular weight excluding hydrogens is 200 g/mol. The molecule has 0 spiro atoms. The first-order chi connectivity index (χ1) is 6.36. The van der Waals surface area contributed by atoms with Gasteiger partial charge in [0.2, 0.25) is 0 Å². The van der Waals surface area contributed by atoms with Crippen LogP contribution < -0.4 is 0 Å². The summed E-state index contributed by atoms with van der Waals surface area (Å²) in [5, 5.41) is 9.52. The summed E-state index contributed by atoms with van der Waals surface area (Å²) in [5.41, 5.74) is 0.718. The zero-order valence-electron chi connectivity index (χ0n) is 8.11. The highest BCUT2D eigenvalue weighted by atomic mass is 32.2. The highest BCUT2D eigenvalue weighted by molar-refractivity contribution is 7.93. The average molecular weight is 212 g/mol. The molecule has 0 saturated heterocycles. The SMILES string of the molecule is CC1(C)Cc2cccc(O)c2S1(=O)=O. The molecule has 1 N–H and O–H groups in total. The van der Waals surface area contributed by atoms with Crippen LogP contribution in [0.5, 0.6) is 5.75 Å². The molecule has 0 unspecified atom stereocenters. The van der Waals surface area contributed by atoms with E-state index in [9.17, 15) is 13.5 Å². The fourth-order valence-corrected chi connectivity index (χ4v) is 3.58. The van der Waals surface area contributed by atoms with Gasteiger partial charge in [-0.25, -0.2) is 8.42 Å². The van der Waals surface area contributed by atoms with Crippen LogP contribution in [-0.4, -0.2) is 18.3 Å². The summed E-state index contributed by atoms with van der Waals surface area (Å²) < 4.78 is 23.1. The molecule has 0 aromatic heterocycles. The lowest BCUT2D eigenvalue weighted by Gasteiger charge is -2.15. The Balaban J connectivity index is 2.81. The maximum absolute atomic E-state index is 12.0. The van der Waals surface area contributed by atoms with Crippen LogP contribution >= 0.6 is 0 Å². The average Bonchev–Trinajstić information content (AvgIpc) is 2.19. The number of sulfone groups is 1. The van der Waals surface area contributed by atoms with Crippen LogP contribution in [0.2, 0.25) is 0 Å². The van der Waals surface area contributed by atoms with E-state index in [0.717, 1.165) is 5.56 Å². The topological polar surface area (TPSA) is 54.4 Å². The van der Waals surface area contributed by atoms with E-state index in [1.54, 1.807) is 26.0 Å². The molecule has 0 saturated carbocycles. The molecule has 0 bridgehead atoms. The van der Waals surface area contributed by atoms with Crippen molar-refractivity contribution in [3.63, 3.8) is 0 Å². The van der Waals surface area contributed by atoms with Gasteiger partial charge in [0.05, 0.1) is 4.75 Å². The van der Waals surface area contributed by atoms with Gasteiger partial charge in [-0.1, -0.05) is 12.1 Å². The van der Waals surface area contributed by atoms with E-state index in [2.05, 4.69) is 0 Å². The zero-order chi connectivity index (χ0) is 10.6. The maximum atomic E-state index is 12.0. The van der Waals surface area contributed by atoms with Crippen molar-refractivity contribution in [2.24, 2.45) is 0 Å². The number of fused-ring (bicyclic) bond motifs is 1. The van der Waals surface area contributed by atoms with E-state index < -0.39 is 14.6 Å². The summed E-state index contributed by atoms with van der Waals surface area (Å²) in [5.74, 6) is -0.131. The van der Waals surface area contributed by atoms with Crippen molar-refractivity contribution >= 4 is 9.84 Å². The molecule has 3 nitrogen and oxygen atoms in total. The molecule has 1 aliphatic heterocycles. The molecule has 0 radical (unpaired) electrons. The Bertz CT molecular complexity index is 486. The highest BCUT2D eigenvalue weighted by Crippen LogP contribution is 2.42. The summed E-state index contributed by atoms with van der Waals surface area (Å²) in [7, 11) is -3.36. The number of phenolic OH excluding ortho intramolecular Hbond substituents is 1. The van der Waals surface area contributed by atoms with Crippen molar-refractivity contribution < 1.29 is 13.5 Å². The van der Waals surface area contributed by atoms with Crippen LogP contribution in [0, 0.1) is 0 Å². The van der Waals surface area contributed by atoms with Crippen molar-refractivity contribution in [3.8, 4) is 5.75 Å². The minimum absolute atomic E-state index is 0.116. The highest BCUT2D eigenvalue weighted by Gasteiger charge is 2.45. The van der Waals surface area contributed by atoms with Gasteiger partial charge in [0.1, 0.15) is 10.6 Å². The van der Waals surface area contributed by atoms with E-state index >= 15 is 0 Å². The fourth-order valence-electron chi connectivity index (χ4n) is 1.85. The first kappa shape index (κ1) is 9.52. The van der Waals surface area contributed by atoms with Crippen LogP contribution in [-0.2, 0) is 16.3 Å². The van der Waals surface area contributed by atoms with Gasteiger partial charge in [-0.2, -0.15) is 0 Å². The monoisotopic (exact) mass is 212 g/mol. The quantitative estimate of drug-likeness (QED) is 0.709. The molecule has 0 amide bonds. The molecular formula is C10H12O3S. The first-order valence-corrected chi connectivity index (χ1v) is 5.90. The molecule has 0 fully saturated rings. The van der Waals surface area contributed by atoms with Crippen molar-refractivity contribution in [1.82, 2.24) is 0 Å². The predicted molar refractivity (Wildman–Crippen MR) is 53.1 cm³/mol. The summed E-state index contributed by atoms with van der Waals surface area (Å²) in [6, 6.07) is 4.84. The van der Waals surface area contributed by atoms with Gasteiger partial charge >= 0.3 is 0 Å². The molecule has 4 heteroatoms. The van der Waals surface area contributed by atoms with Crippen LogP contribution in [0.4, 0.5) is 0 Å². The minimum atomic E-state index is -3.36. The van der Waals surface area contributed by atoms with Crippen molar-refractivity contribution in [2.75, 3.05) is 0 Å². The molecule has 1 aromatic rings. The van der Waals surface area contributed by atoms with Gasteiger partial charge < -0.3 is 5.11 Å². The molecule has 1 heterocycles. The second-order valence-corrected chi connectivity index (χ2v) is 6.73. The lowest BCUT2D eigenvalue weighted by Crippen LogP contribution is -2.27. The number of rotatable bonds is 0. The third-order valence-electron chi connectivity index (χ3n) is 2.69. The second-order valence-electron chi connectivity index (χ2n) is 4.21. The van der Waals surface area contributed by atoms with Crippen LogP contribution in [0.3, 0.4) is 0 Å². The Morgan fingerprint density at radius 1 is 1.36 bits per heavy atom. The smallest absolute Gasteiger partial charge is 0.187 e. The van der Waals surface area contributed by atoms with Gasteiger partial charge in [0, 0.05) is 0 Å². The van der Waals surface area contributed by atoms with Crippen LogP contribution in [0.1, 0.15) is 19.4 Å². The van der Waals surface area contributed by atoms with Crippen LogP contribution in [0.25, 0.3) is 0 Å². The number of hydrogen-bond donors (Lipinski definition) is 1. The normalized spacial score (nSPS) is 21.9. The number of phenols is 1. The van der Waals surface area contributed by atoms with Crippen molar-refractivity contribution in [3.05, 3.63) is 23.8 Å². The third kappa shape index (κ3) is 1.00. The molecule has 0 aliphatic carbocycles. The third-order valence-corrected chi connectivity index (χ3v) is 5.30. The maximum Gasteiger partial charge on any atom is 0.187 e. The molecule has 1 aromatic carbocycles. The Morgan fingerprint density at radius 2 is 2.00 bits per heavy atom. The summed E-state index contributed by atoms with van der Waals surface area (Å²) in [6.07, 6.45) is 0.471. The largest absolute Gasteiger partial charge is 0.507 e. The lowest BCUT2D eigenvalue weighted by atomic mass is 10.0. The Labute approximate surface area is 83.3 Å². The van der Waals surface area contributed by atoms with Crippen molar-refractivity contribution in [1.29, 1.82) is 0 Å². The number of benzene rings is 1. The van der Waals surface area contributed by atoms with E-state index in [-0.39, 0.29) is 10.6 Å². The van der Waals surface area contributed by atoms with Crippen molar-refractivity contribution in [2.45, 2.75) is 29.9 Å². The second kappa shape index (κ2) is 2.51. The fraction of sp³-hybridized carbons (Fsp3) is 0.400. The molecule has 0 atom stereocenters. The molecule has 76 valence electrons. The number of aromatic hydroxyl groups is 1. The number of hydrogen-bond acceptors (Lipinski definition) is 3. The lowest BCUT2D eigenvalue weighted by molar-refractivity contribution is 0.458. The van der Waals surface area contributed by atoms with Gasteiger partial charge in [0.15, 0.2) is 9.84 Å². The van der Waals surface area contributed by atoms with Gasteiger partial charge in [-0.05, 0) is 31.9 Å². The van der Waals surface area contributed by atoms with Gasteiger partial charge in [-0.15, -0.1) is 0 Å². The Kier molecular flexibility index (Phi) is 1.71. The Hall–Kier alpha value is -1.03. The summed E-state index contributed by atoms with van der Waals surface area (Å²) >= 11 is 0. The zero-order valence-corrected chi connectivity index (χ0v) is 8.93. The summed E-state index contributed by atoms with van der Waals surface area (Å²) in [6.45, 7) is 3.36. The molecule has 2 rings (SSSR count). The summed E-state index contributed by atoms with van der Waals surface area (Å²) in [4.78, 5) is 0.116. The van der Waals surface area contributed by atoms with Crippen LogP contribution in [0.15, 0.2) is 23.1 Å². The first-order valence-electron chi connectivity index (χ1n) is 4.42. The minimum Gasteiger partial charge on any atom is -0.507 e. The molecule has 14 heavy (non-hydrogen) atoms. The standard InChI is InChI=1S/C10H12O3S/c1-10(2)6-7-4-3-5-8(11)9(7)14(10,12)13/h3-5,11H,6H2,1-2H3.